The standard InChI is InChI=1S/C17H30N2OS/c1-6-11-18-12-14-13(2)19-15(21-14)17(20-5)9-7-16(3,4)8-10-17/h18H,6-12H2,1-5H3. The van der Waals surface area contributed by atoms with E-state index in [0.29, 0.717) is 5.41 Å². The topological polar surface area (TPSA) is 34.1 Å². The second-order valence-corrected chi connectivity index (χ2v) is 8.15. The fourth-order valence-corrected chi connectivity index (χ4v) is 4.26. The van der Waals surface area contributed by atoms with Gasteiger partial charge >= 0.3 is 0 Å². The molecule has 1 aromatic rings. The Bertz CT molecular complexity index is 457. The van der Waals surface area contributed by atoms with Gasteiger partial charge in [-0.3, -0.25) is 0 Å². The van der Waals surface area contributed by atoms with Crippen LogP contribution in [0.25, 0.3) is 0 Å². The minimum atomic E-state index is -0.145. The zero-order valence-electron chi connectivity index (χ0n) is 14.2. The first-order valence-electron chi connectivity index (χ1n) is 8.15. The van der Waals surface area contributed by atoms with Crippen LogP contribution in [-0.2, 0) is 16.9 Å². The zero-order chi connectivity index (χ0) is 15.5. The van der Waals surface area contributed by atoms with Crippen LogP contribution in [0.15, 0.2) is 0 Å². The summed E-state index contributed by atoms with van der Waals surface area (Å²) >= 11 is 1.84. The van der Waals surface area contributed by atoms with E-state index >= 15 is 0 Å². The molecule has 1 aliphatic carbocycles. The maximum atomic E-state index is 5.98. The van der Waals surface area contributed by atoms with Crippen molar-refractivity contribution in [3.63, 3.8) is 0 Å². The van der Waals surface area contributed by atoms with Crippen molar-refractivity contribution < 1.29 is 4.74 Å². The number of nitrogens with zero attached hydrogens (tertiary/aromatic N) is 1. The summed E-state index contributed by atoms with van der Waals surface area (Å²) < 4.78 is 5.98. The van der Waals surface area contributed by atoms with Gasteiger partial charge in [0.15, 0.2) is 0 Å². The lowest BCUT2D eigenvalue weighted by atomic mass is 9.71. The molecular formula is C17H30N2OS. The van der Waals surface area contributed by atoms with Gasteiger partial charge in [0.1, 0.15) is 10.6 Å². The third kappa shape index (κ3) is 3.85. The lowest BCUT2D eigenvalue weighted by molar-refractivity contribution is -0.0668. The first-order valence-corrected chi connectivity index (χ1v) is 8.97. The quantitative estimate of drug-likeness (QED) is 0.791. The van der Waals surface area contributed by atoms with Gasteiger partial charge in [-0.25, -0.2) is 4.98 Å². The number of aromatic nitrogens is 1. The molecule has 3 nitrogen and oxygen atoms in total. The fraction of sp³-hybridized carbons (Fsp3) is 0.824. The smallest absolute Gasteiger partial charge is 0.125 e. The summed E-state index contributed by atoms with van der Waals surface area (Å²) in [6.45, 7) is 11.0. The maximum absolute atomic E-state index is 5.98. The first-order chi connectivity index (χ1) is 9.92. The predicted octanol–water partition coefficient (Wildman–Crippen LogP) is 4.39. The molecule has 1 aliphatic rings. The van der Waals surface area contributed by atoms with Gasteiger partial charge in [-0.1, -0.05) is 20.8 Å². The van der Waals surface area contributed by atoms with Gasteiger partial charge in [0.05, 0.1) is 5.69 Å². The highest BCUT2D eigenvalue weighted by Gasteiger charge is 2.42. The molecule has 0 bridgehead atoms. The summed E-state index contributed by atoms with van der Waals surface area (Å²) in [4.78, 5) is 6.22. The van der Waals surface area contributed by atoms with Crippen LogP contribution in [0.5, 0.6) is 0 Å². The van der Waals surface area contributed by atoms with E-state index in [1.807, 2.05) is 18.4 Å². The molecular weight excluding hydrogens is 280 g/mol. The summed E-state index contributed by atoms with van der Waals surface area (Å²) in [5.74, 6) is 0. The van der Waals surface area contributed by atoms with Gasteiger partial charge in [0.2, 0.25) is 0 Å². The number of nitrogens with one attached hydrogen (secondary N) is 1. The minimum absolute atomic E-state index is 0.145. The number of methoxy groups -OCH3 is 1. The Morgan fingerprint density at radius 3 is 2.48 bits per heavy atom. The molecule has 4 heteroatoms. The fourth-order valence-electron chi connectivity index (χ4n) is 3.00. The molecule has 0 aliphatic heterocycles. The SMILES string of the molecule is CCCNCc1sc(C2(OC)CCC(C)(C)CC2)nc1C. The highest BCUT2D eigenvalue weighted by molar-refractivity contribution is 7.11. The van der Waals surface area contributed by atoms with Gasteiger partial charge in [0.25, 0.3) is 0 Å². The van der Waals surface area contributed by atoms with E-state index in [2.05, 4.69) is 33.0 Å². The Morgan fingerprint density at radius 1 is 1.24 bits per heavy atom. The Balaban J connectivity index is 2.14. The molecule has 0 unspecified atom stereocenters. The Kier molecular flexibility index (Phi) is 5.44. The van der Waals surface area contributed by atoms with Gasteiger partial charge < -0.3 is 10.1 Å². The number of rotatable bonds is 6. The normalized spacial score (nSPS) is 20.6. The van der Waals surface area contributed by atoms with Crippen LogP contribution < -0.4 is 5.32 Å². The van der Waals surface area contributed by atoms with Gasteiger partial charge in [-0.15, -0.1) is 11.3 Å². The van der Waals surface area contributed by atoms with Crippen LogP contribution in [0.1, 0.15) is 68.5 Å². The Labute approximate surface area is 133 Å². The van der Waals surface area contributed by atoms with Crippen molar-refractivity contribution in [2.45, 2.75) is 71.9 Å². The summed E-state index contributed by atoms with van der Waals surface area (Å²) in [5.41, 5.74) is 1.47. The van der Waals surface area contributed by atoms with E-state index in [-0.39, 0.29) is 5.60 Å². The summed E-state index contributed by atoms with van der Waals surface area (Å²) in [7, 11) is 1.85. The molecule has 1 aromatic heterocycles. The van der Waals surface area contributed by atoms with E-state index in [0.717, 1.165) is 25.9 Å². The Hall–Kier alpha value is -0.450. The molecule has 0 aromatic carbocycles. The highest BCUT2D eigenvalue weighted by atomic mass is 32.1. The predicted molar refractivity (Wildman–Crippen MR) is 89.8 cm³/mol. The van der Waals surface area contributed by atoms with Crippen LogP contribution in [0, 0.1) is 12.3 Å². The van der Waals surface area contributed by atoms with E-state index in [1.165, 1.54) is 34.8 Å². The first kappa shape index (κ1) is 16.9. The van der Waals surface area contributed by atoms with E-state index < -0.39 is 0 Å². The van der Waals surface area contributed by atoms with Crippen molar-refractivity contribution in [3.8, 4) is 0 Å². The molecule has 21 heavy (non-hydrogen) atoms. The molecule has 0 spiro atoms. The summed E-state index contributed by atoms with van der Waals surface area (Å²) in [6, 6.07) is 0. The minimum Gasteiger partial charge on any atom is -0.371 e. The third-order valence-electron chi connectivity index (χ3n) is 4.80. The molecule has 2 rings (SSSR count). The van der Waals surface area contributed by atoms with Crippen molar-refractivity contribution in [1.29, 1.82) is 0 Å². The average Bonchev–Trinajstić information content (AvgIpc) is 2.82. The van der Waals surface area contributed by atoms with E-state index in [1.54, 1.807) is 0 Å². The van der Waals surface area contributed by atoms with Crippen LogP contribution in [-0.4, -0.2) is 18.6 Å². The molecule has 0 atom stereocenters. The lowest BCUT2D eigenvalue weighted by Gasteiger charge is -2.41. The number of thiazole rings is 1. The average molecular weight is 311 g/mol. The summed E-state index contributed by atoms with van der Waals surface area (Å²) in [5, 5.41) is 4.67. The van der Waals surface area contributed by atoms with Crippen LogP contribution in [0.3, 0.4) is 0 Å². The van der Waals surface area contributed by atoms with E-state index in [4.69, 9.17) is 9.72 Å². The van der Waals surface area contributed by atoms with Crippen molar-refractivity contribution >= 4 is 11.3 Å². The molecule has 0 saturated heterocycles. The van der Waals surface area contributed by atoms with Crippen LogP contribution in [0.4, 0.5) is 0 Å². The highest BCUT2D eigenvalue weighted by Crippen LogP contribution is 2.48. The van der Waals surface area contributed by atoms with Gasteiger partial charge in [-0.05, 0) is 51.0 Å². The maximum Gasteiger partial charge on any atom is 0.125 e. The molecule has 1 N–H and O–H groups in total. The van der Waals surface area contributed by atoms with Gasteiger partial charge in [-0.2, -0.15) is 0 Å². The van der Waals surface area contributed by atoms with Crippen molar-refractivity contribution in [2.24, 2.45) is 5.41 Å². The zero-order valence-corrected chi connectivity index (χ0v) is 15.0. The largest absolute Gasteiger partial charge is 0.371 e. The molecule has 120 valence electrons. The number of ether oxygens (including phenoxy) is 1. The summed E-state index contributed by atoms with van der Waals surface area (Å²) in [6.07, 6.45) is 5.77. The number of hydrogen-bond donors (Lipinski definition) is 1. The molecule has 0 radical (unpaired) electrons. The number of aryl methyl sites for hydroxylation is 1. The van der Waals surface area contributed by atoms with Crippen molar-refractivity contribution in [2.75, 3.05) is 13.7 Å². The second kappa shape index (κ2) is 6.76. The monoisotopic (exact) mass is 310 g/mol. The van der Waals surface area contributed by atoms with Crippen LogP contribution in [0.2, 0.25) is 0 Å². The second-order valence-electron chi connectivity index (χ2n) is 7.07. The van der Waals surface area contributed by atoms with Gasteiger partial charge in [0, 0.05) is 18.5 Å². The third-order valence-corrected chi connectivity index (χ3v) is 6.14. The van der Waals surface area contributed by atoms with Crippen LogP contribution >= 0.6 is 11.3 Å². The lowest BCUT2D eigenvalue weighted by Crippen LogP contribution is -2.36. The Morgan fingerprint density at radius 2 is 1.90 bits per heavy atom. The molecule has 1 saturated carbocycles. The molecule has 0 amide bonds. The van der Waals surface area contributed by atoms with E-state index in [9.17, 15) is 0 Å². The molecule has 1 heterocycles. The van der Waals surface area contributed by atoms with Crippen molar-refractivity contribution in [1.82, 2.24) is 10.3 Å². The van der Waals surface area contributed by atoms with Crippen molar-refractivity contribution in [3.05, 3.63) is 15.6 Å². The molecule has 1 fully saturated rings. The number of hydrogen-bond acceptors (Lipinski definition) is 4.